The third-order valence-electron chi connectivity index (χ3n) is 4.90. The summed E-state index contributed by atoms with van der Waals surface area (Å²) in [5, 5.41) is 3.19. The number of carbonyl (C=O) groups is 2. The van der Waals surface area contributed by atoms with Gasteiger partial charge in [-0.1, -0.05) is 31.5 Å². The van der Waals surface area contributed by atoms with Crippen LogP contribution in [0.15, 0.2) is 58.3 Å². The fourth-order valence-corrected chi connectivity index (χ4v) is 3.44. The number of aryl methyl sites for hydroxylation is 1. The molecule has 32 heavy (non-hydrogen) atoms. The molecule has 0 bridgehead atoms. The molecule has 0 saturated heterocycles. The van der Waals surface area contributed by atoms with E-state index in [1.807, 2.05) is 37.3 Å². The standard InChI is InChI=1S/C24H25N3O5/c1-5-9-20-21(22(28)27(26-20)19-10-7-6-8-11-19)15(2)25-18-13-16(23(29)31-3)12-17(14-18)24(30)32-4/h6-8,10-14,26H,5,9H2,1-4H3. The molecule has 8 nitrogen and oxygen atoms in total. The minimum atomic E-state index is -0.607. The molecule has 8 heteroatoms. The molecule has 0 aliphatic heterocycles. The van der Waals surface area contributed by atoms with Gasteiger partial charge in [0.2, 0.25) is 0 Å². The maximum atomic E-state index is 13.2. The lowest BCUT2D eigenvalue weighted by Crippen LogP contribution is -2.19. The zero-order valence-electron chi connectivity index (χ0n) is 18.5. The van der Waals surface area contributed by atoms with Gasteiger partial charge in [-0.05, 0) is 43.7 Å². The van der Waals surface area contributed by atoms with Crippen molar-refractivity contribution in [3.05, 3.63) is 81.3 Å². The van der Waals surface area contributed by atoms with E-state index in [9.17, 15) is 14.4 Å². The number of para-hydroxylation sites is 1. The fraction of sp³-hybridized carbons (Fsp3) is 0.250. The molecule has 0 radical (unpaired) electrons. The van der Waals surface area contributed by atoms with Crippen LogP contribution in [0.4, 0.5) is 5.69 Å². The molecule has 3 aromatic rings. The second-order valence-corrected chi connectivity index (χ2v) is 7.14. The van der Waals surface area contributed by atoms with E-state index >= 15 is 0 Å². The average Bonchev–Trinajstić information content (AvgIpc) is 3.14. The normalized spacial score (nSPS) is 11.3. The molecule has 0 aliphatic carbocycles. The van der Waals surface area contributed by atoms with Crippen LogP contribution in [0.1, 0.15) is 52.2 Å². The number of aromatic amines is 1. The third kappa shape index (κ3) is 4.69. The molecule has 1 heterocycles. The highest BCUT2D eigenvalue weighted by molar-refractivity contribution is 6.02. The molecule has 3 rings (SSSR count). The van der Waals surface area contributed by atoms with E-state index in [-0.39, 0.29) is 16.7 Å². The van der Waals surface area contributed by atoms with Crippen molar-refractivity contribution in [3.63, 3.8) is 0 Å². The first-order valence-electron chi connectivity index (χ1n) is 10.2. The van der Waals surface area contributed by atoms with Crippen LogP contribution < -0.4 is 5.56 Å². The summed E-state index contributed by atoms with van der Waals surface area (Å²) in [7, 11) is 2.51. The average molecular weight is 435 g/mol. The second-order valence-electron chi connectivity index (χ2n) is 7.14. The molecule has 0 fully saturated rings. The van der Waals surface area contributed by atoms with Gasteiger partial charge in [0.25, 0.3) is 5.56 Å². The summed E-state index contributed by atoms with van der Waals surface area (Å²) >= 11 is 0. The van der Waals surface area contributed by atoms with Gasteiger partial charge < -0.3 is 9.47 Å². The summed E-state index contributed by atoms with van der Waals surface area (Å²) < 4.78 is 11.0. The topological polar surface area (TPSA) is 103 Å². The Bertz CT molecular complexity index is 1190. The molecule has 0 saturated carbocycles. The number of aliphatic imine (C=N–C) groups is 1. The number of nitrogens with one attached hydrogen (secondary N) is 1. The lowest BCUT2D eigenvalue weighted by molar-refractivity contribution is 0.0599. The number of aromatic nitrogens is 2. The Balaban J connectivity index is 2.14. The monoisotopic (exact) mass is 435 g/mol. The molecule has 0 atom stereocenters. The van der Waals surface area contributed by atoms with E-state index < -0.39 is 11.9 Å². The lowest BCUT2D eigenvalue weighted by atomic mass is 10.1. The van der Waals surface area contributed by atoms with Crippen molar-refractivity contribution in [1.82, 2.24) is 9.78 Å². The molecule has 0 amide bonds. The van der Waals surface area contributed by atoms with Gasteiger partial charge >= 0.3 is 11.9 Å². The zero-order valence-corrected chi connectivity index (χ0v) is 18.5. The summed E-state index contributed by atoms with van der Waals surface area (Å²) in [6.07, 6.45) is 1.49. The van der Waals surface area contributed by atoms with Crippen molar-refractivity contribution in [2.45, 2.75) is 26.7 Å². The van der Waals surface area contributed by atoms with Crippen molar-refractivity contribution >= 4 is 23.3 Å². The van der Waals surface area contributed by atoms with Crippen LogP contribution in [0.2, 0.25) is 0 Å². The Hall–Kier alpha value is -3.94. The van der Waals surface area contributed by atoms with Gasteiger partial charge in [-0.2, -0.15) is 0 Å². The highest BCUT2D eigenvalue weighted by Gasteiger charge is 2.19. The third-order valence-corrected chi connectivity index (χ3v) is 4.90. The summed E-state index contributed by atoms with van der Waals surface area (Å²) in [5.41, 5.74) is 2.83. The van der Waals surface area contributed by atoms with E-state index in [1.165, 1.54) is 37.1 Å². The Morgan fingerprint density at radius 3 is 2.12 bits per heavy atom. The summed E-state index contributed by atoms with van der Waals surface area (Å²) in [6.45, 7) is 3.75. The van der Waals surface area contributed by atoms with Crippen molar-refractivity contribution in [2.24, 2.45) is 4.99 Å². The van der Waals surface area contributed by atoms with Gasteiger partial charge in [-0.15, -0.1) is 0 Å². The maximum absolute atomic E-state index is 13.2. The van der Waals surface area contributed by atoms with Crippen molar-refractivity contribution in [2.75, 3.05) is 14.2 Å². The quantitative estimate of drug-likeness (QED) is 0.449. The first kappa shape index (κ1) is 22.7. The fourth-order valence-electron chi connectivity index (χ4n) is 3.44. The second kappa shape index (κ2) is 9.91. The Labute approximate surface area is 185 Å². The number of esters is 2. The van der Waals surface area contributed by atoms with Crippen LogP contribution in [-0.4, -0.2) is 41.7 Å². The number of nitrogens with zero attached hydrogens (tertiary/aromatic N) is 2. The van der Waals surface area contributed by atoms with Crippen LogP contribution in [0.3, 0.4) is 0 Å². The smallest absolute Gasteiger partial charge is 0.337 e. The summed E-state index contributed by atoms with van der Waals surface area (Å²) in [6, 6.07) is 13.7. The maximum Gasteiger partial charge on any atom is 0.337 e. The number of hydrogen-bond donors (Lipinski definition) is 1. The van der Waals surface area contributed by atoms with Crippen LogP contribution in [0.5, 0.6) is 0 Å². The van der Waals surface area contributed by atoms with Gasteiger partial charge in [-0.25, -0.2) is 14.3 Å². The SMILES string of the molecule is CCCc1[nH]n(-c2ccccc2)c(=O)c1C(C)=Nc1cc(C(=O)OC)cc(C(=O)OC)c1. The number of hydrogen-bond acceptors (Lipinski definition) is 6. The van der Waals surface area contributed by atoms with Gasteiger partial charge in [0.05, 0.1) is 48.0 Å². The van der Waals surface area contributed by atoms with Crippen LogP contribution >= 0.6 is 0 Å². The van der Waals surface area contributed by atoms with Gasteiger partial charge in [0.15, 0.2) is 0 Å². The number of carbonyl (C=O) groups excluding carboxylic acids is 2. The van der Waals surface area contributed by atoms with E-state index in [0.717, 1.165) is 17.8 Å². The molecule has 0 aliphatic rings. The molecular weight excluding hydrogens is 410 g/mol. The van der Waals surface area contributed by atoms with Crippen molar-refractivity contribution < 1.29 is 19.1 Å². The molecule has 1 N–H and O–H groups in total. The molecule has 166 valence electrons. The minimum absolute atomic E-state index is 0.159. The first-order valence-corrected chi connectivity index (χ1v) is 10.2. The van der Waals surface area contributed by atoms with E-state index in [4.69, 9.17) is 9.47 Å². The van der Waals surface area contributed by atoms with Crippen LogP contribution in [0.25, 0.3) is 5.69 Å². The van der Waals surface area contributed by atoms with Crippen LogP contribution in [0, 0.1) is 0 Å². The summed E-state index contributed by atoms with van der Waals surface area (Å²) in [4.78, 5) is 41.9. The number of H-pyrrole nitrogens is 1. The molecule has 2 aromatic carbocycles. The zero-order chi connectivity index (χ0) is 23.3. The van der Waals surface area contributed by atoms with E-state index in [0.29, 0.717) is 23.4 Å². The highest BCUT2D eigenvalue weighted by atomic mass is 16.5. The van der Waals surface area contributed by atoms with E-state index in [2.05, 4.69) is 10.1 Å². The highest BCUT2D eigenvalue weighted by Crippen LogP contribution is 2.21. The number of methoxy groups -OCH3 is 2. The summed E-state index contributed by atoms with van der Waals surface area (Å²) in [5.74, 6) is -1.21. The number of benzene rings is 2. The Kier molecular flexibility index (Phi) is 7.04. The van der Waals surface area contributed by atoms with Gasteiger partial charge in [-0.3, -0.25) is 14.9 Å². The first-order chi connectivity index (χ1) is 15.4. The molecule has 0 spiro atoms. The Morgan fingerprint density at radius 1 is 1.00 bits per heavy atom. The van der Waals surface area contributed by atoms with Crippen molar-refractivity contribution in [3.8, 4) is 5.69 Å². The van der Waals surface area contributed by atoms with Gasteiger partial charge in [0, 0.05) is 5.69 Å². The largest absolute Gasteiger partial charge is 0.465 e. The molecular formula is C24H25N3O5. The van der Waals surface area contributed by atoms with Crippen molar-refractivity contribution in [1.29, 1.82) is 0 Å². The lowest BCUT2D eigenvalue weighted by Gasteiger charge is -2.06. The number of ether oxygens (including phenoxy) is 2. The Morgan fingerprint density at radius 2 is 1.59 bits per heavy atom. The number of rotatable bonds is 7. The molecule has 0 unspecified atom stereocenters. The van der Waals surface area contributed by atoms with Gasteiger partial charge in [0.1, 0.15) is 0 Å². The minimum Gasteiger partial charge on any atom is -0.465 e. The van der Waals surface area contributed by atoms with Crippen LogP contribution in [-0.2, 0) is 15.9 Å². The predicted octanol–water partition coefficient (Wildman–Crippen LogP) is 3.83. The van der Waals surface area contributed by atoms with E-state index in [1.54, 1.807) is 6.92 Å². The molecule has 1 aromatic heterocycles. The predicted molar refractivity (Wildman–Crippen MR) is 121 cm³/mol.